The number of hydrogen-bond acceptors (Lipinski definition) is 3. The quantitative estimate of drug-likeness (QED) is 0.866. The van der Waals surface area contributed by atoms with Gasteiger partial charge in [-0.25, -0.2) is 4.39 Å². The summed E-state index contributed by atoms with van der Waals surface area (Å²) in [6.45, 7) is 0.287. The second kappa shape index (κ2) is 7.54. The van der Waals surface area contributed by atoms with E-state index >= 15 is 0 Å². The average molecular weight is 372 g/mol. The Morgan fingerprint density at radius 1 is 1.27 bits per heavy atom. The molecule has 1 heterocycles. The van der Waals surface area contributed by atoms with E-state index in [4.69, 9.17) is 16.9 Å². The van der Waals surface area contributed by atoms with Crippen LogP contribution in [-0.2, 0) is 9.59 Å². The van der Waals surface area contributed by atoms with Gasteiger partial charge >= 0.3 is 0 Å². The molecule has 1 saturated heterocycles. The first-order valence-electron chi connectivity index (χ1n) is 8.00. The smallest absolute Gasteiger partial charge is 0.226 e. The lowest BCUT2D eigenvalue weighted by Gasteiger charge is -2.22. The van der Waals surface area contributed by atoms with Crippen molar-refractivity contribution < 1.29 is 14.0 Å². The predicted molar refractivity (Wildman–Crippen MR) is 93.7 cm³/mol. The molecule has 1 aliphatic rings. The molecule has 132 valence electrons. The van der Waals surface area contributed by atoms with Gasteiger partial charge in [0.2, 0.25) is 11.8 Å². The highest BCUT2D eigenvalue weighted by molar-refractivity contribution is 6.30. The van der Waals surface area contributed by atoms with Crippen LogP contribution in [0, 0.1) is 23.1 Å². The Labute approximate surface area is 154 Å². The molecule has 1 unspecified atom stereocenters. The third kappa shape index (κ3) is 3.84. The number of carbonyl (C=O) groups excluding carboxylic acids is 2. The molecule has 7 heteroatoms. The van der Waals surface area contributed by atoms with E-state index < -0.39 is 17.8 Å². The molecule has 0 aliphatic carbocycles. The number of rotatable bonds is 4. The highest BCUT2D eigenvalue weighted by Gasteiger charge is 2.30. The molecule has 26 heavy (non-hydrogen) atoms. The summed E-state index contributed by atoms with van der Waals surface area (Å²) in [5.74, 6) is -1.45. The number of hydrogen-bond donors (Lipinski definition) is 2. The van der Waals surface area contributed by atoms with Crippen molar-refractivity contribution in [2.24, 2.45) is 5.92 Å². The van der Waals surface area contributed by atoms with E-state index in [1.54, 1.807) is 30.3 Å². The fourth-order valence-electron chi connectivity index (χ4n) is 2.85. The molecule has 2 aromatic rings. The SMILES string of the molecule is N#Cc1ccc(C(NC(=O)[C@@H]2CNC(=O)C2)c2ccc(F)c(Cl)c2)cc1. The summed E-state index contributed by atoms with van der Waals surface area (Å²) in [7, 11) is 0. The summed E-state index contributed by atoms with van der Waals surface area (Å²) in [5, 5.41) is 14.4. The van der Waals surface area contributed by atoms with E-state index in [1.165, 1.54) is 12.1 Å². The van der Waals surface area contributed by atoms with Crippen molar-refractivity contribution in [1.82, 2.24) is 10.6 Å². The lowest BCUT2D eigenvalue weighted by Crippen LogP contribution is -2.35. The summed E-state index contributed by atoms with van der Waals surface area (Å²) in [6.07, 6.45) is 0.135. The summed E-state index contributed by atoms with van der Waals surface area (Å²) >= 11 is 5.89. The Hall–Kier alpha value is -2.91. The number of amides is 2. The molecular weight excluding hydrogens is 357 g/mol. The monoisotopic (exact) mass is 371 g/mol. The van der Waals surface area contributed by atoms with Crippen molar-refractivity contribution in [1.29, 1.82) is 5.26 Å². The minimum atomic E-state index is -0.580. The van der Waals surface area contributed by atoms with Crippen molar-refractivity contribution in [2.45, 2.75) is 12.5 Å². The van der Waals surface area contributed by atoms with Gasteiger partial charge in [0.1, 0.15) is 5.82 Å². The van der Waals surface area contributed by atoms with Gasteiger partial charge in [0.05, 0.1) is 28.6 Å². The largest absolute Gasteiger partial charge is 0.355 e. The van der Waals surface area contributed by atoms with Gasteiger partial charge in [0.25, 0.3) is 0 Å². The normalized spacial score (nSPS) is 17.3. The third-order valence-electron chi connectivity index (χ3n) is 4.28. The van der Waals surface area contributed by atoms with Crippen LogP contribution in [0.15, 0.2) is 42.5 Å². The number of nitrogens with zero attached hydrogens (tertiary/aromatic N) is 1. The van der Waals surface area contributed by atoms with Crippen LogP contribution in [0.5, 0.6) is 0 Å². The lowest BCUT2D eigenvalue weighted by atomic mass is 9.96. The van der Waals surface area contributed by atoms with E-state index in [0.717, 1.165) is 5.56 Å². The maximum atomic E-state index is 13.5. The standard InChI is InChI=1S/C19H15ClFN3O2/c20-15-7-13(5-6-16(15)21)18(12-3-1-11(9-22)2-4-12)24-19(26)14-8-17(25)23-10-14/h1-7,14,18H,8,10H2,(H,23,25)(H,24,26)/t14-,18?/m0/s1. The number of benzene rings is 2. The minimum absolute atomic E-state index is 0.0481. The molecule has 2 aromatic carbocycles. The van der Waals surface area contributed by atoms with Gasteiger partial charge in [0.15, 0.2) is 0 Å². The Bertz CT molecular complexity index is 893. The van der Waals surface area contributed by atoms with Gasteiger partial charge in [-0.1, -0.05) is 29.8 Å². The molecule has 2 atom stereocenters. The molecule has 2 N–H and O–H groups in total. The van der Waals surface area contributed by atoms with Crippen LogP contribution in [-0.4, -0.2) is 18.4 Å². The van der Waals surface area contributed by atoms with Gasteiger partial charge in [-0.15, -0.1) is 0 Å². The fourth-order valence-corrected chi connectivity index (χ4v) is 3.04. The van der Waals surface area contributed by atoms with Crippen LogP contribution in [0.25, 0.3) is 0 Å². The zero-order chi connectivity index (χ0) is 18.7. The zero-order valence-electron chi connectivity index (χ0n) is 13.6. The molecular formula is C19H15ClFN3O2. The third-order valence-corrected chi connectivity index (χ3v) is 4.57. The summed E-state index contributed by atoms with van der Waals surface area (Å²) in [6, 6.07) is 12.4. The maximum Gasteiger partial charge on any atom is 0.226 e. The topological polar surface area (TPSA) is 82.0 Å². The number of nitrogens with one attached hydrogen (secondary N) is 2. The van der Waals surface area contributed by atoms with Crippen molar-refractivity contribution in [3.63, 3.8) is 0 Å². The van der Waals surface area contributed by atoms with Crippen LogP contribution >= 0.6 is 11.6 Å². The van der Waals surface area contributed by atoms with E-state index in [1.807, 2.05) is 6.07 Å². The molecule has 3 rings (SSSR count). The molecule has 0 radical (unpaired) electrons. The Morgan fingerprint density at radius 2 is 1.96 bits per heavy atom. The molecule has 1 fully saturated rings. The Balaban J connectivity index is 1.92. The van der Waals surface area contributed by atoms with Crippen molar-refractivity contribution in [3.05, 3.63) is 70.0 Å². The van der Waals surface area contributed by atoms with Gasteiger partial charge in [0, 0.05) is 13.0 Å². The van der Waals surface area contributed by atoms with E-state index in [-0.39, 0.29) is 29.8 Å². The Kier molecular flexibility index (Phi) is 5.19. The average Bonchev–Trinajstić information content (AvgIpc) is 3.09. The first-order chi connectivity index (χ1) is 12.5. The highest BCUT2D eigenvalue weighted by atomic mass is 35.5. The second-order valence-corrected chi connectivity index (χ2v) is 6.46. The van der Waals surface area contributed by atoms with Crippen molar-refractivity contribution in [3.8, 4) is 6.07 Å². The first kappa shape index (κ1) is 17.9. The molecule has 0 spiro atoms. The predicted octanol–water partition coefficient (Wildman–Crippen LogP) is 2.69. The molecule has 2 amide bonds. The van der Waals surface area contributed by atoms with Crippen LogP contribution < -0.4 is 10.6 Å². The second-order valence-electron chi connectivity index (χ2n) is 6.05. The van der Waals surface area contributed by atoms with Crippen molar-refractivity contribution in [2.75, 3.05) is 6.54 Å². The van der Waals surface area contributed by atoms with Crippen molar-refractivity contribution >= 4 is 23.4 Å². The summed E-state index contributed by atoms with van der Waals surface area (Å²) in [4.78, 5) is 23.9. The number of nitriles is 1. The molecule has 0 saturated carbocycles. The Morgan fingerprint density at radius 3 is 2.54 bits per heavy atom. The van der Waals surface area contributed by atoms with Crippen LogP contribution in [0.3, 0.4) is 0 Å². The summed E-state index contributed by atoms with van der Waals surface area (Å²) in [5.41, 5.74) is 1.81. The van der Waals surface area contributed by atoms with E-state index in [0.29, 0.717) is 11.1 Å². The lowest BCUT2D eigenvalue weighted by molar-refractivity contribution is -0.126. The van der Waals surface area contributed by atoms with Gasteiger partial charge in [-0.2, -0.15) is 5.26 Å². The van der Waals surface area contributed by atoms with Gasteiger partial charge < -0.3 is 10.6 Å². The van der Waals surface area contributed by atoms with Gasteiger partial charge in [-0.05, 0) is 35.4 Å². The summed E-state index contributed by atoms with van der Waals surface area (Å²) < 4.78 is 13.5. The van der Waals surface area contributed by atoms with Crippen LogP contribution in [0.1, 0.15) is 29.2 Å². The van der Waals surface area contributed by atoms with E-state index in [2.05, 4.69) is 10.6 Å². The molecule has 0 bridgehead atoms. The van der Waals surface area contributed by atoms with Crippen LogP contribution in [0.4, 0.5) is 4.39 Å². The fraction of sp³-hybridized carbons (Fsp3) is 0.211. The number of carbonyl (C=O) groups is 2. The first-order valence-corrected chi connectivity index (χ1v) is 8.38. The minimum Gasteiger partial charge on any atom is -0.355 e. The van der Waals surface area contributed by atoms with E-state index in [9.17, 15) is 14.0 Å². The molecule has 5 nitrogen and oxygen atoms in total. The zero-order valence-corrected chi connectivity index (χ0v) is 14.4. The van der Waals surface area contributed by atoms with Gasteiger partial charge in [-0.3, -0.25) is 9.59 Å². The molecule has 0 aromatic heterocycles. The van der Waals surface area contributed by atoms with Crippen LogP contribution in [0.2, 0.25) is 5.02 Å². The highest BCUT2D eigenvalue weighted by Crippen LogP contribution is 2.27. The molecule has 1 aliphatic heterocycles. The number of halogens is 2. The maximum absolute atomic E-state index is 13.5.